The summed E-state index contributed by atoms with van der Waals surface area (Å²) in [4.78, 5) is 37.6. The Morgan fingerprint density at radius 3 is 2.90 bits per heavy atom. The van der Waals surface area contributed by atoms with Crippen molar-refractivity contribution in [1.29, 1.82) is 0 Å². The molecule has 2 saturated heterocycles. The van der Waals surface area contributed by atoms with Crippen LogP contribution < -0.4 is 0 Å². The summed E-state index contributed by atoms with van der Waals surface area (Å²) in [5, 5.41) is 0. The van der Waals surface area contributed by atoms with Gasteiger partial charge in [-0.05, 0) is 18.4 Å². The van der Waals surface area contributed by atoms with Crippen molar-refractivity contribution < 1.29 is 18.3 Å². The van der Waals surface area contributed by atoms with E-state index in [2.05, 4.69) is 9.98 Å². The number of carbonyl (C=O) groups is 2. The predicted octanol–water partition coefficient (Wildman–Crippen LogP) is 3.03. The Bertz CT molecular complexity index is 1020. The summed E-state index contributed by atoms with van der Waals surface area (Å²) in [7, 11) is 0. The van der Waals surface area contributed by atoms with Gasteiger partial charge in [-0.15, -0.1) is 4.00 Å². The molecule has 1 aromatic carbocycles. The van der Waals surface area contributed by atoms with Gasteiger partial charge < -0.3 is 9.64 Å². The Balaban J connectivity index is 1.23. The van der Waals surface area contributed by atoms with Crippen molar-refractivity contribution >= 4 is 36.3 Å². The predicted molar refractivity (Wildman–Crippen MR) is 116 cm³/mol. The molecule has 5 rings (SSSR count). The lowest BCUT2D eigenvalue weighted by Crippen LogP contribution is -2.60. The SMILES string of the molecule is O=C(OCc1ccccc1)N1CC(=O)N2CC(C3=C4C=NC=C[N+]4(Cl)C=N3)CCC2C1. The molecule has 0 bridgehead atoms. The Labute approximate surface area is 185 Å². The number of halogens is 1. The minimum atomic E-state index is -0.446. The molecule has 9 heteroatoms. The van der Waals surface area contributed by atoms with Crippen LogP contribution in [0, 0.1) is 5.92 Å². The quantitative estimate of drug-likeness (QED) is 0.678. The number of hydrogen-bond acceptors (Lipinski definition) is 5. The van der Waals surface area contributed by atoms with Crippen LogP contribution >= 0.6 is 11.8 Å². The number of benzene rings is 1. The topological polar surface area (TPSA) is 74.6 Å². The lowest BCUT2D eigenvalue weighted by molar-refractivity contribution is -0.592. The molecular weight excluding hydrogens is 418 g/mol. The highest BCUT2D eigenvalue weighted by Crippen LogP contribution is 2.38. The number of piperidine rings is 1. The summed E-state index contributed by atoms with van der Waals surface area (Å²) in [6.45, 7) is 1.29. The second-order valence-corrected chi connectivity index (χ2v) is 8.73. The van der Waals surface area contributed by atoms with Gasteiger partial charge in [0.2, 0.25) is 17.9 Å². The summed E-state index contributed by atoms with van der Waals surface area (Å²) in [6.07, 6.45) is 8.06. The maximum Gasteiger partial charge on any atom is 0.410 e. The zero-order valence-corrected chi connectivity index (χ0v) is 17.7. The van der Waals surface area contributed by atoms with E-state index in [0.29, 0.717) is 13.1 Å². The molecule has 3 unspecified atom stereocenters. The van der Waals surface area contributed by atoms with Crippen LogP contribution in [0.1, 0.15) is 18.4 Å². The van der Waals surface area contributed by atoms with Crippen LogP contribution in [0.2, 0.25) is 0 Å². The standard InChI is InChI=1S/C22H23ClN5O3/c23-28-9-8-24-10-19(28)21(25-15-28)17-6-7-18-12-26(13-20(29)27(18)11-17)22(30)31-14-16-4-2-1-3-5-16/h1-5,8-10,15,17-18H,6-7,11-14H2/q+1. The van der Waals surface area contributed by atoms with E-state index in [9.17, 15) is 9.59 Å². The third-order valence-corrected chi connectivity index (χ3v) is 6.58. The van der Waals surface area contributed by atoms with Gasteiger partial charge in [0.05, 0.1) is 12.4 Å². The molecule has 4 aliphatic rings. The molecule has 160 valence electrons. The molecule has 8 nitrogen and oxygen atoms in total. The molecule has 31 heavy (non-hydrogen) atoms. The minimum Gasteiger partial charge on any atom is -0.445 e. The fourth-order valence-electron chi connectivity index (χ4n) is 4.56. The zero-order chi connectivity index (χ0) is 21.4. The minimum absolute atomic E-state index is 0.00621. The van der Waals surface area contributed by atoms with Gasteiger partial charge in [-0.1, -0.05) is 30.3 Å². The fraction of sp³-hybridized carbons (Fsp3) is 0.364. The summed E-state index contributed by atoms with van der Waals surface area (Å²) >= 11 is 6.59. The summed E-state index contributed by atoms with van der Waals surface area (Å²) in [5.74, 6) is 0.0359. The largest absolute Gasteiger partial charge is 0.445 e. The van der Waals surface area contributed by atoms with Gasteiger partial charge in [0.25, 0.3) is 0 Å². The van der Waals surface area contributed by atoms with Gasteiger partial charge in [-0.2, -0.15) is 4.99 Å². The van der Waals surface area contributed by atoms with Gasteiger partial charge in [0.15, 0.2) is 11.8 Å². The van der Waals surface area contributed by atoms with E-state index in [1.807, 2.05) is 35.2 Å². The van der Waals surface area contributed by atoms with Crippen molar-refractivity contribution in [2.45, 2.75) is 25.5 Å². The molecule has 0 radical (unpaired) electrons. The monoisotopic (exact) mass is 440 g/mol. The maximum absolute atomic E-state index is 12.9. The highest BCUT2D eigenvalue weighted by Gasteiger charge is 2.44. The van der Waals surface area contributed by atoms with Crippen molar-refractivity contribution in [2.24, 2.45) is 15.9 Å². The molecular formula is C22H23ClN5O3+. The number of quaternary nitrogens is 1. The van der Waals surface area contributed by atoms with Crippen molar-refractivity contribution in [2.75, 3.05) is 19.6 Å². The number of aliphatic imine (C=N–C) groups is 2. The number of rotatable bonds is 3. The van der Waals surface area contributed by atoms with Crippen LogP contribution in [0.25, 0.3) is 0 Å². The third kappa shape index (κ3) is 3.77. The van der Waals surface area contributed by atoms with Crippen LogP contribution in [-0.4, -0.2) is 64.0 Å². The summed E-state index contributed by atoms with van der Waals surface area (Å²) in [6, 6.07) is 9.51. The first-order valence-electron chi connectivity index (χ1n) is 10.4. The van der Waals surface area contributed by atoms with Crippen molar-refractivity contribution in [1.82, 2.24) is 9.80 Å². The molecule has 2 amide bonds. The molecule has 0 spiro atoms. The first-order valence-corrected chi connectivity index (χ1v) is 10.7. The fourth-order valence-corrected chi connectivity index (χ4v) is 4.78. The lowest BCUT2D eigenvalue weighted by Gasteiger charge is -2.45. The van der Waals surface area contributed by atoms with Crippen LogP contribution in [0.15, 0.2) is 64.1 Å². The van der Waals surface area contributed by atoms with Gasteiger partial charge in [-0.3, -0.25) is 14.7 Å². The van der Waals surface area contributed by atoms with E-state index < -0.39 is 6.09 Å². The normalized spacial score (nSPS) is 29.3. The number of ether oxygens (including phenoxy) is 1. The number of allylic oxidation sites excluding steroid dienone is 1. The van der Waals surface area contributed by atoms with Crippen molar-refractivity contribution in [3.63, 3.8) is 0 Å². The average Bonchev–Trinajstić information content (AvgIpc) is 3.15. The Hall–Kier alpha value is -2.97. The summed E-state index contributed by atoms with van der Waals surface area (Å²) in [5.41, 5.74) is 2.64. The molecule has 0 saturated carbocycles. The summed E-state index contributed by atoms with van der Waals surface area (Å²) < 4.78 is 5.41. The third-order valence-electron chi connectivity index (χ3n) is 6.20. The highest BCUT2D eigenvalue weighted by molar-refractivity contribution is 6.14. The first-order chi connectivity index (χ1) is 15.0. The number of fused-ring (bicyclic) bond motifs is 2. The van der Waals surface area contributed by atoms with E-state index in [-0.39, 0.29) is 35.0 Å². The van der Waals surface area contributed by atoms with E-state index in [4.69, 9.17) is 16.5 Å². The first kappa shape index (κ1) is 20.0. The van der Waals surface area contributed by atoms with Crippen LogP contribution in [0.5, 0.6) is 0 Å². The Morgan fingerprint density at radius 2 is 2.06 bits per heavy atom. The molecule has 2 fully saturated rings. The molecule has 0 aliphatic carbocycles. The molecule has 3 atom stereocenters. The number of hydrogen-bond donors (Lipinski definition) is 0. The number of carbonyl (C=O) groups excluding carboxylic acids is 2. The van der Waals surface area contributed by atoms with Crippen LogP contribution in [0.4, 0.5) is 4.79 Å². The second kappa shape index (κ2) is 7.94. The van der Waals surface area contributed by atoms with Gasteiger partial charge in [0, 0.05) is 25.0 Å². The van der Waals surface area contributed by atoms with E-state index in [0.717, 1.165) is 29.8 Å². The van der Waals surface area contributed by atoms with Gasteiger partial charge in [0.1, 0.15) is 25.0 Å². The van der Waals surface area contributed by atoms with Crippen molar-refractivity contribution in [3.05, 3.63) is 59.7 Å². The lowest BCUT2D eigenvalue weighted by atomic mass is 9.88. The molecule has 1 aromatic rings. The average molecular weight is 441 g/mol. The Morgan fingerprint density at radius 1 is 1.23 bits per heavy atom. The molecule has 4 aliphatic heterocycles. The smallest absolute Gasteiger partial charge is 0.410 e. The van der Waals surface area contributed by atoms with E-state index in [1.165, 1.54) is 4.90 Å². The molecule has 0 aromatic heterocycles. The van der Waals surface area contributed by atoms with E-state index in [1.54, 1.807) is 25.0 Å². The Kier molecular flexibility index (Phi) is 5.11. The van der Waals surface area contributed by atoms with E-state index >= 15 is 0 Å². The zero-order valence-electron chi connectivity index (χ0n) is 16.9. The van der Waals surface area contributed by atoms with Crippen LogP contribution in [-0.2, 0) is 16.1 Å². The second-order valence-electron chi connectivity index (χ2n) is 8.17. The molecule has 4 heterocycles. The number of piperazine rings is 1. The van der Waals surface area contributed by atoms with Gasteiger partial charge >= 0.3 is 6.09 Å². The number of nitrogens with zero attached hydrogens (tertiary/aromatic N) is 5. The van der Waals surface area contributed by atoms with Gasteiger partial charge in [-0.25, -0.2) is 4.79 Å². The number of amides is 2. The molecule has 0 N–H and O–H groups in total. The highest BCUT2D eigenvalue weighted by atomic mass is 35.5. The van der Waals surface area contributed by atoms with Crippen molar-refractivity contribution in [3.8, 4) is 0 Å². The maximum atomic E-state index is 12.9. The van der Waals surface area contributed by atoms with Crippen LogP contribution in [0.3, 0.4) is 0 Å².